The van der Waals surface area contributed by atoms with E-state index >= 15 is 0 Å². The van der Waals surface area contributed by atoms with Crippen LogP contribution in [0.2, 0.25) is 0 Å². The summed E-state index contributed by atoms with van der Waals surface area (Å²) in [7, 11) is 4.49. The second-order valence-corrected chi connectivity index (χ2v) is 5.52. The van der Waals surface area contributed by atoms with Gasteiger partial charge in [-0.2, -0.15) is 0 Å². The number of morpholine rings is 1. The van der Waals surface area contributed by atoms with Crippen LogP contribution in [-0.2, 0) is 4.74 Å². The van der Waals surface area contributed by atoms with Crippen LogP contribution in [0.4, 0.5) is 0 Å². The highest BCUT2D eigenvalue weighted by molar-refractivity contribution is 4.78. The smallest absolute Gasteiger partial charge is 0.0826 e. The first kappa shape index (κ1) is 13.3. The predicted octanol–water partition coefficient (Wildman–Crippen LogP) is 0.391. The Morgan fingerprint density at radius 2 is 2.24 bits per heavy atom. The van der Waals surface area contributed by atoms with E-state index in [9.17, 15) is 0 Å². The first-order valence-corrected chi connectivity index (χ1v) is 6.97. The van der Waals surface area contributed by atoms with Gasteiger partial charge in [-0.05, 0) is 46.4 Å². The summed E-state index contributed by atoms with van der Waals surface area (Å²) in [6.45, 7) is 6.45. The van der Waals surface area contributed by atoms with Crippen molar-refractivity contribution in [2.45, 2.75) is 31.4 Å². The molecule has 17 heavy (non-hydrogen) atoms. The Kier molecular flexibility index (Phi) is 5.22. The highest BCUT2D eigenvalue weighted by Gasteiger charge is 2.22. The van der Waals surface area contributed by atoms with Crippen molar-refractivity contribution in [1.82, 2.24) is 15.1 Å². The molecule has 4 nitrogen and oxygen atoms in total. The van der Waals surface area contributed by atoms with Gasteiger partial charge in [0.15, 0.2) is 0 Å². The number of rotatable bonds is 3. The zero-order valence-electron chi connectivity index (χ0n) is 11.3. The minimum absolute atomic E-state index is 0.384. The van der Waals surface area contributed by atoms with Crippen molar-refractivity contribution in [2.24, 2.45) is 0 Å². The third-order valence-electron chi connectivity index (χ3n) is 4.04. The lowest BCUT2D eigenvalue weighted by molar-refractivity contribution is 0.00172. The van der Waals surface area contributed by atoms with E-state index in [1.807, 2.05) is 0 Å². The van der Waals surface area contributed by atoms with Gasteiger partial charge in [0, 0.05) is 25.7 Å². The average Bonchev–Trinajstić information content (AvgIpc) is 2.55. The van der Waals surface area contributed by atoms with E-state index in [0.717, 1.165) is 32.3 Å². The Labute approximate surface area is 105 Å². The molecule has 1 N–H and O–H groups in total. The number of likely N-dealkylation sites (tertiary alicyclic amines) is 1. The first-order valence-electron chi connectivity index (χ1n) is 6.97. The van der Waals surface area contributed by atoms with Crippen LogP contribution in [0.5, 0.6) is 0 Å². The molecule has 2 atom stereocenters. The van der Waals surface area contributed by atoms with Crippen LogP contribution in [0.3, 0.4) is 0 Å². The number of nitrogens with zero attached hydrogens (tertiary/aromatic N) is 2. The van der Waals surface area contributed by atoms with Gasteiger partial charge < -0.3 is 19.9 Å². The molecule has 0 spiro atoms. The Hall–Kier alpha value is -0.160. The minimum atomic E-state index is 0.384. The van der Waals surface area contributed by atoms with Crippen LogP contribution in [0.15, 0.2) is 0 Å². The lowest BCUT2D eigenvalue weighted by atomic mass is 10.1. The number of likely N-dealkylation sites (N-methyl/N-ethyl adjacent to an activating group) is 1. The molecule has 0 saturated carbocycles. The second-order valence-electron chi connectivity index (χ2n) is 5.52. The fraction of sp³-hybridized carbons (Fsp3) is 1.00. The first-order chi connectivity index (χ1) is 8.25. The van der Waals surface area contributed by atoms with Crippen LogP contribution in [0.1, 0.15) is 19.3 Å². The fourth-order valence-electron chi connectivity index (χ4n) is 2.87. The van der Waals surface area contributed by atoms with Gasteiger partial charge in [-0.3, -0.25) is 0 Å². The van der Waals surface area contributed by atoms with Crippen LogP contribution >= 0.6 is 0 Å². The third kappa shape index (κ3) is 4.21. The molecule has 2 fully saturated rings. The molecule has 2 saturated heterocycles. The highest BCUT2D eigenvalue weighted by atomic mass is 16.5. The topological polar surface area (TPSA) is 27.7 Å². The molecule has 2 rings (SSSR count). The molecule has 0 aliphatic carbocycles. The molecule has 0 aromatic rings. The molecule has 2 heterocycles. The standard InChI is InChI=1S/C13H27N3O/c1-15-7-3-4-12(5-8-15)16(2)11-13-10-14-6-9-17-13/h12-14H,3-11H2,1-2H3. The Balaban J connectivity index is 1.75. The molecule has 0 bridgehead atoms. The largest absolute Gasteiger partial charge is 0.374 e. The molecule has 100 valence electrons. The molecular weight excluding hydrogens is 214 g/mol. The third-order valence-corrected chi connectivity index (χ3v) is 4.04. The van der Waals surface area contributed by atoms with Crippen LogP contribution in [-0.4, -0.2) is 75.4 Å². The van der Waals surface area contributed by atoms with E-state index in [1.54, 1.807) is 0 Å². The fourth-order valence-corrected chi connectivity index (χ4v) is 2.87. The Morgan fingerprint density at radius 1 is 1.35 bits per heavy atom. The van der Waals surface area contributed by atoms with E-state index < -0.39 is 0 Å². The van der Waals surface area contributed by atoms with Gasteiger partial charge in [-0.15, -0.1) is 0 Å². The molecule has 2 aliphatic rings. The van der Waals surface area contributed by atoms with E-state index in [1.165, 1.54) is 32.4 Å². The predicted molar refractivity (Wildman–Crippen MR) is 70.4 cm³/mol. The molecule has 0 radical (unpaired) electrons. The zero-order chi connectivity index (χ0) is 12.1. The summed E-state index contributed by atoms with van der Waals surface area (Å²) in [5.74, 6) is 0. The molecular formula is C13H27N3O. The lowest BCUT2D eigenvalue weighted by Crippen LogP contribution is -2.46. The average molecular weight is 241 g/mol. The molecule has 0 aromatic heterocycles. The van der Waals surface area contributed by atoms with E-state index in [2.05, 4.69) is 29.2 Å². The van der Waals surface area contributed by atoms with Crippen molar-refractivity contribution in [3.63, 3.8) is 0 Å². The molecule has 0 amide bonds. The SMILES string of the molecule is CN1CCCC(N(C)CC2CNCCO2)CC1. The summed E-state index contributed by atoms with van der Waals surface area (Å²) in [5, 5.41) is 3.40. The maximum absolute atomic E-state index is 5.78. The van der Waals surface area contributed by atoms with Crippen LogP contribution in [0.25, 0.3) is 0 Å². The molecule has 2 unspecified atom stereocenters. The number of hydrogen-bond donors (Lipinski definition) is 1. The summed E-state index contributed by atoms with van der Waals surface area (Å²) in [6, 6.07) is 0.741. The summed E-state index contributed by atoms with van der Waals surface area (Å²) in [6.07, 6.45) is 4.35. The second kappa shape index (κ2) is 6.69. The number of nitrogens with one attached hydrogen (secondary N) is 1. The van der Waals surface area contributed by atoms with Gasteiger partial charge in [0.1, 0.15) is 0 Å². The zero-order valence-corrected chi connectivity index (χ0v) is 11.3. The molecule has 4 heteroatoms. The normalized spacial score (nSPS) is 32.6. The van der Waals surface area contributed by atoms with Gasteiger partial charge in [0.2, 0.25) is 0 Å². The number of hydrogen-bond acceptors (Lipinski definition) is 4. The van der Waals surface area contributed by atoms with Gasteiger partial charge in [-0.25, -0.2) is 0 Å². The van der Waals surface area contributed by atoms with Crippen molar-refractivity contribution < 1.29 is 4.74 Å². The molecule has 2 aliphatic heterocycles. The number of ether oxygens (including phenoxy) is 1. The lowest BCUT2D eigenvalue weighted by Gasteiger charge is -2.32. The van der Waals surface area contributed by atoms with Crippen LogP contribution in [0, 0.1) is 0 Å². The van der Waals surface area contributed by atoms with Gasteiger partial charge in [0.25, 0.3) is 0 Å². The van der Waals surface area contributed by atoms with Gasteiger partial charge in [-0.1, -0.05) is 0 Å². The van der Waals surface area contributed by atoms with Crippen molar-refractivity contribution in [1.29, 1.82) is 0 Å². The molecule has 0 aromatic carbocycles. The monoisotopic (exact) mass is 241 g/mol. The summed E-state index contributed by atoms with van der Waals surface area (Å²) in [4.78, 5) is 4.96. The minimum Gasteiger partial charge on any atom is -0.374 e. The van der Waals surface area contributed by atoms with E-state index in [-0.39, 0.29) is 0 Å². The maximum Gasteiger partial charge on any atom is 0.0826 e. The van der Waals surface area contributed by atoms with Crippen LogP contribution < -0.4 is 5.32 Å². The van der Waals surface area contributed by atoms with Crippen molar-refractivity contribution in [2.75, 3.05) is 53.4 Å². The van der Waals surface area contributed by atoms with Gasteiger partial charge in [0.05, 0.1) is 12.7 Å². The Bertz CT molecular complexity index is 219. The van der Waals surface area contributed by atoms with Crippen molar-refractivity contribution in [3.8, 4) is 0 Å². The summed E-state index contributed by atoms with van der Waals surface area (Å²) >= 11 is 0. The van der Waals surface area contributed by atoms with Gasteiger partial charge >= 0.3 is 0 Å². The van der Waals surface area contributed by atoms with Crippen molar-refractivity contribution >= 4 is 0 Å². The van der Waals surface area contributed by atoms with E-state index in [0.29, 0.717) is 6.10 Å². The summed E-state index contributed by atoms with van der Waals surface area (Å²) < 4.78 is 5.78. The highest BCUT2D eigenvalue weighted by Crippen LogP contribution is 2.15. The Morgan fingerprint density at radius 3 is 3.00 bits per heavy atom. The quantitative estimate of drug-likeness (QED) is 0.774. The maximum atomic E-state index is 5.78. The van der Waals surface area contributed by atoms with Crippen molar-refractivity contribution in [3.05, 3.63) is 0 Å². The summed E-state index contributed by atoms with van der Waals surface area (Å²) in [5.41, 5.74) is 0. The van der Waals surface area contributed by atoms with E-state index in [4.69, 9.17) is 4.74 Å².